The SMILES string of the molecule is CCCCc1nc2c(N)nc3ccccc3c2n1Cc1[c-]ccc(C)c1.CCCCc1nc2c(N)nc3ccccc3c2n1Cc1cc(C)ccc1C.[O]=[Rh]. The molecular weight excluding hydrogens is 771 g/mol. The summed E-state index contributed by atoms with van der Waals surface area (Å²) in [6.45, 7) is 12.4. The Balaban J connectivity index is 0.000000179. The molecule has 10 heteroatoms. The van der Waals surface area contributed by atoms with Crippen LogP contribution in [0.3, 0.4) is 0 Å². The van der Waals surface area contributed by atoms with Crippen LogP contribution in [-0.2, 0) is 47.8 Å². The maximum atomic E-state index is 8.14. The molecule has 55 heavy (non-hydrogen) atoms. The molecule has 4 heterocycles. The molecule has 0 unspecified atom stereocenters. The van der Waals surface area contributed by atoms with Gasteiger partial charge in [0.15, 0.2) is 11.6 Å². The van der Waals surface area contributed by atoms with E-state index in [1.807, 2.05) is 36.4 Å². The Morgan fingerprint density at radius 1 is 0.636 bits per heavy atom. The number of fused-ring (bicyclic) bond motifs is 6. The van der Waals surface area contributed by atoms with Gasteiger partial charge in [-0.15, -0.1) is 5.56 Å². The summed E-state index contributed by atoms with van der Waals surface area (Å²) >= 11 is 1.30. The third-order valence-electron chi connectivity index (χ3n) is 10.1. The number of pyridine rings is 2. The summed E-state index contributed by atoms with van der Waals surface area (Å²) in [6.07, 6.45) is 6.37. The van der Waals surface area contributed by atoms with Crippen LogP contribution in [0.5, 0.6) is 0 Å². The van der Waals surface area contributed by atoms with Crippen LogP contribution in [0.2, 0.25) is 0 Å². The van der Waals surface area contributed by atoms with Crippen LogP contribution in [-0.4, -0.2) is 29.1 Å². The molecule has 4 N–H and O–H groups in total. The molecule has 0 atom stereocenters. The van der Waals surface area contributed by atoms with Crippen molar-refractivity contribution in [1.29, 1.82) is 0 Å². The molecule has 4 aromatic heterocycles. The van der Waals surface area contributed by atoms with Crippen LogP contribution in [0, 0.1) is 26.8 Å². The number of imidazole rings is 2. The monoisotopic (exact) mass is 820 g/mol. The number of benzene rings is 4. The molecule has 0 amide bonds. The van der Waals surface area contributed by atoms with Crippen LogP contribution in [0.15, 0.2) is 84.9 Å². The first-order chi connectivity index (χ1) is 26.7. The zero-order chi connectivity index (χ0) is 39.1. The second-order valence-electron chi connectivity index (χ2n) is 14.2. The number of anilines is 2. The molecule has 0 aliphatic heterocycles. The molecule has 9 nitrogen and oxygen atoms in total. The number of hydrogen-bond donors (Lipinski definition) is 2. The summed E-state index contributed by atoms with van der Waals surface area (Å²) < 4.78 is 12.8. The molecule has 0 radical (unpaired) electrons. The van der Waals surface area contributed by atoms with Gasteiger partial charge in [0.25, 0.3) is 0 Å². The normalized spacial score (nSPS) is 11.2. The zero-order valence-electron chi connectivity index (χ0n) is 32.3. The fourth-order valence-electron chi connectivity index (χ4n) is 7.25. The van der Waals surface area contributed by atoms with E-state index in [4.69, 9.17) is 25.0 Å². The number of nitrogens with zero attached hydrogens (tertiary/aromatic N) is 6. The van der Waals surface area contributed by atoms with E-state index in [0.29, 0.717) is 11.6 Å². The summed E-state index contributed by atoms with van der Waals surface area (Å²) in [4.78, 5) is 18.9. The van der Waals surface area contributed by atoms with E-state index < -0.39 is 0 Å². The van der Waals surface area contributed by atoms with Crippen LogP contribution in [0.25, 0.3) is 43.9 Å². The van der Waals surface area contributed by atoms with Gasteiger partial charge in [-0.05, 0) is 49.9 Å². The van der Waals surface area contributed by atoms with Crippen molar-refractivity contribution in [2.24, 2.45) is 0 Å². The van der Waals surface area contributed by atoms with Gasteiger partial charge < -0.3 is 20.6 Å². The van der Waals surface area contributed by atoms with Crippen LogP contribution >= 0.6 is 0 Å². The third kappa shape index (κ3) is 8.50. The van der Waals surface area contributed by atoms with E-state index in [1.165, 1.54) is 40.5 Å². The van der Waals surface area contributed by atoms with Gasteiger partial charge in [-0.3, -0.25) is 0 Å². The van der Waals surface area contributed by atoms with Gasteiger partial charge in [0.2, 0.25) is 0 Å². The Kier molecular flexibility index (Phi) is 12.8. The summed E-state index contributed by atoms with van der Waals surface area (Å²) in [5.41, 5.74) is 24.5. The summed E-state index contributed by atoms with van der Waals surface area (Å²) in [6, 6.07) is 32.6. The van der Waals surface area contributed by atoms with E-state index in [-0.39, 0.29) is 0 Å². The van der Waals surface area contributed by atoms with E-state index in [1.54, 1.807) is 0 Å². The van der Waals surface area contributed by atoms with Gasteiger partial charge in [0.05, 0.1) is 22.1 Å². The Hall–Kier alpha value is -5.34. The van der Waals surface area contributed by atoms with Gasteiger partial charge in [-0.25, -0.2) is 19.9 Å². The molecule has 0 fully saturated rings. The van der Waals surface area contributed by atoms with Crippen molar-refractivity contribution in [2.45, 2.75) is 86.2 Å². The summed E-state index contributed by atoms with van der Waals surface area (Å²) in [7, 11) is 0. The van der Waals surface area contributed by atoms with Crippen LogP contribution in [0.1, 0.15) is 79.0 Å². The topological polar surface area (TPSA) is 131 Å². The number of nitrogen functional groups attached to an aromatic ring is 2. The van der Waals surface area contributed by atoms with Crippen LogP contribution in [0.4, 0.5) is 11.6 Å². The minimum atomic E-state index is 0.503. The van der Waals surface area contributed by atoms with Crippen molar-refractivity contribution in [2.75, 3.05) is 11.5 Å². The number of hydrogen-bond acceptors (Lipinski definition) is 7. The average Bonchev–Trinajstić information content (AvgIpc) is 3.75. The van der Waals surface area contributed by atoms with Gasteiger partial charge in [0.1, 0.15) is 22.7 Å². The Bertz CT molecular complexity index is 2590. The number of rotatable bonds is 10. The molecule has 0 saturated carbocycles. The summed E-state index contributed by atoms with van der Waals surface area (Å²) in [5, 5.41) is 2.21. The number of aryl methyl sites for hydroxylation is 5. The molecule has 0 aliphatic carbocycles. The second kappa shape index (κ2) is 17.9. The van der Waals surface area contributed by atoms with Crippen molar-refractivity contribution >= 4 is 55.5 Å². The average molecular weight is 821 g/mol. The first-order valence-electron chi connectivity index (χ1n) is 19.0. The van der Waals surface area contributed by atoms with Crippen molar-refractivity contribution in [3.63, 3.8) is 0 Å². The van der Waals surface area contributed by atoms with E-state index in [2.05, 4.69) is 108 Å². The van der Waals surface area contributed by atoms with Crippen molar-refractivity contribution in [3.05, 3.63) is 130 Å². The molecular formula is C45H49N8ORh-. The number of aromatic nitrogens is 6. The predicted octanol–water partition coefficient (Wildman–Crippen LogP) is 9.72. The van der Waals surface area contributed by atoms with Crippen molar-refractivity contribution in [1.82, 2.24) is 29.1 Å². The zero-order valence-corrected chi connectivity index (χ0v) is 34.0. The van der Waals surface area contributed by atoms with E-state index >= 15 is 0 Å². The van der Waals surface area contributed by atoms with Gasteiger partial charge in [-0.2, -0.15) is 29.8 Å². The number of nitrogens with two attached hydrogens (primary N) is 2. The van der Waals surface area contributed by atoms with E-state index in [9.17, 15) is 0 Å². The van der Waals surface area contributed by atoms with Crippen molar-refractivity contribution in [3.8, 4) is 0 Å². The van der Waals surface area contributed by atoms with E-state index in [0.717, 1.165) is 113 Å². The summed E-state index contributed by atoms with van der Waals surface area (Å²) in [5.74, 6) is 3.18. The minimum absolute atomic E-state index is 0.503. The fourth-order valence-corrected chi connectivity index (χ4v) is 7.25. The first-order valence-corrected chi connectivity index (χ1v) is 19.7. The van der Waals surface area contributed by atoms with Crippen molar-refractivity contribution < 1.29 is 21.8 Å². The Morgan fingerprint density at radius 3 is 1.67 bits per heavy atom. The van der Waals surface area contributed by atoms with Gasteiger partial charge >= 0.3 is 21.8 Å². The molecule has 8 aromatic rings. The fraction of sp³-hybridized carbons (Fsp3) is 0.289. The molecule has 4 aromatic carbocycles. The first kappa shape index (κ1) is 39.4. The molecule has 0 saturated heterocycles. The molecule has 285 valence electrons. The molecule has 0 bridgehead atoms. The second-order valence-corrected chi connectivity index (χ2v) is 14.2. The molecule has 0 aliphatic rings. The van der Waals surface area contributed by atoms with Crippen LogP contribution < -0.4 is 11.5 Å². The predicted molar refractivity (Wildman–Crippen MR) is 221 cm³/mol. The Labute approximate surface area is 333 Å². The molecule has 0 spiro atoms. The Morgan fingerprint density at radius 2 is 1.15 bits per heavy atom. The molecule has 8 rings (SSSR count). The quantitative estimate of drug-likeness (QED) is 0.104. The number of para-hydroxylation sites is 2. The third-order valence-corrected chi connectivity index (χ3v) is 10.1. The standard InChI is InChI=1S/C23H26N4.C22H23N4.O.Rh/c1-4-5-10-20-26-21-22(18-8-6-7-9-19(18)25-23(21)24)27(20)14-17-13-15(2)11-12-16(17)3;1-3-4-12-19-25-20-21(17-10-5-6-11-18(17)24-22(20)23)26(19)14-16-9-7-8-15(2)13-16;;/h6-9,11-13H,4-5,10,14H2,1-3H3,(H2,24,25);5-8,10-11,13H,3-4,12,14H2,1-2H3,(H2,23,24);;/q;-1;;. The van der Waals surface area contributed by atoms with Gasteiger partial charge in [0, 0.05) is 36.7 Å². The maximum absolute atomic E-state index is 8.14. The van der Waals surface area contributed by atoms with Gasteiger partial charge in [-0.1, -0.05) is 93.8 Å². The number of unbranched alkanes of at least 4 members (excludes halogenated alkanes) is 2.